The molecule has 0 saturated heterocycles. The van der Waals surface area contributed by atoms with Gasteiger partial charge in [-0.15, -0.1) is 0 Å². The average Bonchev–Trinajstić information content (AvgIpc) is 2.13. The average molecular weight is 208 g/mol. The van der Waals surface area contributed by atoms with Crippen molar-refractivity contribution in [1.29, 1.82) is 0 Å². The second-order valence-electron chi connectivity index (χ2n) is 4.31. The summed E-state index contributed by atoms with van der Waals surface area (Å²) < 4.78 is 13.2. The van der Waals surface area contributed by atoms with Crippen molar-refractivity contribution in [1.82, 2.24) is 0 Å². The Bertz CT molecular complexity index is 303. The first-order valence-corrected chi connectivity index (χ1v) is 5.23. The van der Waals surface area contributed by atoms with E-state index in [1.165, 1.54) is 6.08 Å². The lowest BCUT2D eigenvalue weighted by Gasteiger charge is -2.04. The van der Waals surface area contributed by atoms with E-state index in [0.717, 1.165) is 17.6 Å². The molecule has 0 aliphatic heterocycles. The van der Waals surface area contributed by atoms with E-state index >= 15 is 0 Å². The van der Waals surface area contributed by atoms with Crippen molar-refractivity contribution in [2.24, 2.45) is 5.92 Å². The van der Waals surface area contributed by atoms with E-state index in [4.69, 9.17) is 0 Å². The summed E-state index contributed by atoms with van der Waals surface area (Å²) in [6.45, 7) is 15.3. The lowest BCUT2D eigenvalue weighted by Crippen LogP contribution is -1.87. The largest absolute Gasteiger partial charge is 0.207 e. The summed E-state index contributed by atoms with van der Waals surface area (Å²) in [6, 6.07) is 0. The van der Waals surface area contributed by atoms with Gasteiger partial charge in [-0.05, 0) is 49.0 Å². The molecule has 0 saturated carbocycles. The molecule has 0 amide bonds. The normalized spacial score (nSPS) is 13.2. The Balaban J connectivity index is 4.53. The van der Waals surface area contributed by atoms with Gasteiger partial charge in [-0.1, -0.05) is 33.1 Å². The Kier molecular flexibility index (Phi) is 5.92. The van der Waals surface area contributed by atoms with E-state index in [-0.39, 0.29) is 5.83 Å². The molecule has 0 N–H and O–H groups in total. The zero-order valence-corrected chi connectivity index (χ0v) is 10.2. The number of halogens is 1. The summed E-state index contributed by atoms with van der Waals surface area (Å²) in [5.41, 5.74) is 2.18. The number of hydrogen-bond donors (Lipinski definition) is 0. The Hall–Kier alpha value is -1.11. The first-order chi connectivity index (χ1) is 6.84. The van der Waals surface area contributed by atoms with Gasteiger partial charge in [-0.2, -0.15) is 0 Å². The van der Waals surface area contributed by atoms with Gasteiger partial charge in [0.15, 0.2) is 0 Å². The van der Waals surface area contributed by atoms with Gasteiger partial charge < -0.3 is 0 Å². The van der Waals surface area contributed by atoms with Crippen LogP contribution in [0.4, 0.5) is 4.39 Å². The molecule has 0 aromatic heterocycles. The molecule has 0 spiro atoms. The van der Waals surface area contributed by atoms with Crippen LogP contribution in [0.3, 0.4) is 0 Å². The van der Waals surface area contributed by atoms with E-state index in [1.807, 2.05) is 6.92 Å². The van der Waals surface area contributed by atoms with Gasteiger partial charge in [-0.25, -0.2) is 4.39 Å². The van der Waals surface area contributed by atoms with Crippen molar-refractivity contribution in [2.45, 2.75) is 34.1 Å². The second-order valence-corrected chi connectivity index (χ2v) is 4.31. The van der Waals surface area contributed by atoms with Crippen LogP contribution in [0.25, 0.3) is 0 Å². The van der Waals surface area contributed by atoms with Crippen LogP contribution in [0.2, 0.25) is 0 Å². The van der Waals surface area contributed by atoms with Crippen molar-refractivity contribution >= 4 is 0 Å². The third-order valence-corrected chi connectivity index (χ3v) is 2.11. The molecule has 15 heavy (non-hydrogen) atoms. The highest BCUT2D eigenvalue weighted by Gasteiger charge is 1.99. The zero-order chi connectivity index (χ0) is 12.0. The highest BCUT2D eigenvalue weighted by molar-refractivity contribution is 5.40. The third kappa shape index (κ3) is 6.05. The molecule has 0 radical (unpaired) electrons. The molecule has 0 aliphatic rings. The van der Waals surface area contributed by atoms with Gasteiger partial charge in [-0.3, -0.25) is 0 Å². The molecule has 0 aromatic rings. The molecular formula is C14H21F. The fourth-order valence-electron chi connectivity index (χ4n) is 0.934. The van der Waals surface area contributed by atoms with E-state index in [0.29, 0.717) is 11.5 Å². The lowest BCUT2D eigenvalue weighted by molar-refractivity contribution is 0.651. The van der Waals surface area contributed by atoms with Crippen LogP contribution in [-0.4, -0.2) is 0 Å². The van der Waals surface area contributed by atoms with Crippen LogP contribution in [0.15, 0.2) is 47.9 Å². The van der Waals surface area contributed by atoms with Crippen LogP contribution in [0.5, 0.6) is 0 Å². The molecule has 0 aromatic carbocycles. The molecule has 0 atom stereocenters. The summed E-state index contributed by atoms with van der Waals surface area (Å²) in [5, 5.41) is 0. The van der Waals surface area contributed by atoms with Gasteiger partial charge >= 0.3 is 0 Å². The Labute approximate surface area is 92.9 Å². The van der Waals surface area contributed by atoms with Crippen LogP contribution >= 0.6 is 0 Å². The monoisotopic (exact) mass is 208 g/mol. The van der Waals surface area contributed by atoms with Gasteiger partial charge in [0.25, 0.3) is 0 Å². The topological polar surface area (TPSA) is 0 Å². The van der Waals surface area contributed by atoms with Crippen LogP contribution < -0.4 is 0 Å². The van der Waals surface area contributed by atoms with E-state index in [9.17, 15) is 4.39 Å². The maximum absolute atomic E-state index is 13.2. The number of allylic oxidation sites excluding steroid dienone is 6. The molecule has 0 nitrogen and oxygen atoms in total. The Morgan fingerprint density at radius 2 is 1.80 bits per heavy atom. The van der Waals surface area contributed by atoms with Crippen LogP contribution in [0.1, 0.15) is 34.1 Å². The Morgan fingerprint density at radius 3 is 2.20 bits per heavy atom. The quantitative estimate of drug-likeness (QED) is 0.560. The minimum Gasteiger partial charge on any atom is -0.207 e. The van der Waals surface area contributed by atoms with Crippen molar-refractivity contribution in [3.8, 4) is 0 Å². The predicted octanol–water partition coefficient (Wildman–Crippen LogP) is 4.96. The first kappa shape index (κ1) is 13.9. The maximum Gasteiger partial charge on any atom is 0.126 e. The predicted molar refractivity (Wildman–Crippen MR) is 66.4 cm³/mol. The fraction of sp³-hybridized carbons (Fsp3) is 0.429. The molecule has 0 heterocycles. The van der Waals surface area contributed by atoms with Crippen molar-refractivity contribution in [3.05, 3.63) is 47.9 Å². The minimum absolute atomic E-state index is 0.294. The molecule has 0 bridgehead atoms. The van der Waals surface area contributed by atoms with Gasteiger partial charge in [0.1, 0.15) is 5.83 Å². The lowest BCUT2D eigenvalue weighted by atomic mass is 10.0. The van der Waals surface area contributed by atoms with Gasteiger partial charge in [0, 0.05) is 0 Å². The van der Waals surface area contributed by atoms with Crippen molar-refractivity contribution in [3.63, 3.8) is 0 Å². The number of hydrogen-bond acceptors (Lipinski definition) is 0. The molecule has 0 rings (SSSR count). The molecule has 1 heteroatoms. The molecular weight excluding hydrogens is 187 g/mol. The number of rotatable bonds is 5. The fourth-order valence-corrected chi connectivity index (χ4v) is 0.934. The van der Waals surface area contributed by atoms with E-state index < -0.39 is 0 Å². The zero-order valence-electron chi connectivity index (χ0n) is 10.2. The standard InChI is InChI=1S/C14H21F/c1-10(2)7-8-12(5)13(6)9-14(15)11(3)4/h8-10H,3,6-7H2,1-2,4-5H3/b12-8+,14-9+. The van der Waals surface area contributed by atoms with Gasteiger partial charge in [0.2, 0.25) is 0 Å². The van der Waals surface area contributed by atoms with Crippen LogP contribution in [-0.2, 0) is 0 Å². The smallest absolute Gasteiger partial charge is 0.126 e. The van der Waals surface area contributed by atoms with Gasteiger partial charge in [0.05, 0.1) is 0 Å². The third-order valence-electron chi connectivity index (χ3n) is 2.11. The maximum atomic E-state index is 13.2. The highest BCUT2D eigenvalue weighted by Crippen LogP contribution is 2.17. The summed E-state index contributed by atoms with van der Waals surface area (Å²) in [4.78, 5) is 0. The molecule has 0 fully saturated rings. The molecule has 84 valence electrons. The summed E-state index contributed by atoms with van der Waals surface area (Å²) >= 11 is 0. The van der Waals surface area contributed by atoms with Crippen molar-refractivity contribution < 1.29 is 4.39 Å². The molecule has 0 unspecified atom stereocenters. The minimum atomic E-state index is -0.294. The highest BCUT2D eigenvalue weighted by atomic mass is 19.1. The SMILES string of the molecule is C=C(/C=C(/F)C(=C)C)/C(C)=C/CC(C)C. The Morgan fingerprint density at radius 1 is 1.27 bits per heavy atom. The first-order valence-electron chi connectivity index (χ1n) is 5.23. The summed E-state index contributed by atoms with van der Waals surface area (Å²) in [6.07, 6.45) is 4.52. The molecule has 0 aliphatic carbocycles. The van der Waals surface area contributed by atoms with E-state index in [2.05, 4.69) is 33.1 Å². The second kappa shape index (κ2) is 6.39. The summed E-state index contributed by atoms with van der Waals surface area (Å²) in [5.74, 6) is 0.319. The van der Waals surface area contributed by atoms with Crippen molar-refractivity contribution in [2.75, 3.05) is 0 Å². The van der Waals surface area contributed by atoms with Crippen LogP contribution in [0, 0.1) is 5.92 Å². The van der Waals surface area contributed by atoms with E-state index in [1.54, 1.807) is 6.92 Å². The summed E-state index contributed by atoms with van der Waals surface area (Å²) in [7, 11) is 0.